The molecule has 1 heterocycles. The number of halogens is 3. The van der Waals surface area contributed by atoms with E-state index in [0.29, 0.717) is 12.3 Å². The predicted octanol–water partition coefficient (Wildman–Crippen LogP) is 2.89. The van der Waals surface area contributed by atoms with E-state index in [9.17, 15) is 13.2 Å². The fourth-order valence-electron chi connectivity index (χ4n) is 3.34. The van der Waals surface area contributed by atoms with Gasteiger partial charge in [-0.1, -0.05) is 0 Å². The molecule has 1 aliphatic heterocycles. The maximum atomic E-state index is 12.0. The van der Waals surface area contributed by atoms with Gasteiger partial charge >= 0.3 is 6.18 Å². The molecule has 1 saturated heterocycles. The minimum atomic E-state index is -4.23. The Kier molecular flexibility index (Phi) is 5.31. The Morgan fingerprint density at radius 3 is 2.70 bits per heavy atom. The summed E-state index contributed by atoms with van der Waals surface area (Å²) in [6.07, 6.45) is 1.88. The van der Waals surface area contributed by atoms with Gasteiger partial charge in [-0.3, -0.25) is 0 Å². The van der Waals surface area contributed by atoms with E-state index < -0.39 is 12.8 Å². The second-order valence-electron chi connectivity index (χ2n) is 5.99. The average molecular weight is 295 g/mol. The van der Waals surface area contributed by atoms with Gasteiger partial charge in [-0.15, -0.1) is 0 Å². The Morgan fingerprint density at radius 2 is 2.15 bits per heavy atom. The van der Waals surface area contributed by atoms with E-state index in [2.05, 4.69) is 5.32 Å². The summed E-state index contributed by atoms with van der Waals surface area (Å²) >= 11 is 0. The first-order valence-corrected chi connectivity index (χ1v) is 7.40. The third kappa shape index (κ3) is 4.33. The maximum absolute atomic E-state index is 12.0. The number of rotatable bonds is 6. The minimum Gasteiger partial charge on any atom is -0.375 e. The summed E-state index contributed by atoms with van der Waals surface area (Å²) in [7, 11) is 1.87. The zero-order valence-electron chi connectivity index (χ0n) is 12.0. The summed E-state index contributed by atoms with van der Waals surface area (Å²) in [6.45, 7) is -0.233. The summed E-state index contributed by atoms with van der Waals surface area (Å²) in [6, 6.07) is 0.213. The first kappa shape index (κ1) is 16.0. The Bertz CT molecular complexity index is 305. The average Bonchev–Trinajstić information content (AvgIpc) is 2.36. The standard InChI is InChI=1S/C14H24F3NO2/c1-18-12(4-7-19-10-14(15,16)17)11-3-8-20-13(9-11)5-2-6-13/h11-12,18H,2-10H2,1H3. The summed E-state index contributed by atoms with van der Waals surface area (Å²) in [4.78, 5) is 0. The molecule has 1 aliphatic carbocycles. The van der Waals surface area contributed by atoms with Crippen LogP contribution in [0.1, 0.15) is 38.5 Å². The van der Waals surface area contributed by atoms with Crippen molar-refractivity contribution < 1.29 is 22.6 Å². The van der Waals surface area contributed by atoms with Crippen LogP contribution in [0.2, 0.25) is 0 Å². The number of nitrogens with one attached hydrogen (secondary N) is 1. The van der Waals surface area contributed by atoms with Crippen molar-refractivity contribution in [3.8, 4) is 0 Å². The van der Waals surface area contributed by atoms with Gasteiger partial charge < -0.3 is 14.8 Å². The van der Waals surface area contributed by atoms with Gasteiger partial charge in [-0.25, -0.2) is 0 Å². The molecule has 2 fully saturated rings. The van der Waals surface area contributed by atoms with Crippen molar-refractivity contribution in [2.75, 3.05) is 26.9 Å². The summed E-state index contributed by atoms with van der Waals surface area (Å²) in [5, 5.41) is 3.24. The molecule has 0 amide bonds. The summed E-state index contributed by atoms with van der Waals surface area (Å²) < 4.78 is 46.6. The van der Waals surface area contributed by atoms with Crippen LogP contribution in [0.5, 0.6) is 0 Å². The number of hydrogen-bond donors (Lipinski definition) is 1. The second kappa shape index (κ2) is 6.62. The highest BCUT2D eigenvalue weighted by Gasteiger charge is 2.44. The molecular weight excluding hydrogens is 271 g/mol. The van der Waals surface area contributed by atoms with Crippen LogP contribution in [0, 0.1) is 5.92 Å². The monoisotopic (exact) mass is 295 g/mol. The molecule has 1 saturated carbocycles. The van der Waals surface area contributed by atoms with Crippen LogP contribution in [-0.2, 0) is 9.47 Å². The summed E-state index contributed by atoms with van der Waals surface area (Å²) in [5.41, 5.74) is 0.0742. The Hall–Kier alpha value is -0.330. The second-order valence-corrected chi connectivity index (χ2v) is 5.99. The number of hydrogen-bond acceptors (Lipinski definition) is 3. The molecule has 0 radical (unpaired) electrons. The third-order valence-electron chi connectivity index (χ3n) is 4.57. The van der Waals surface area contributed by atoms with Crippen molar-refractivity contribution in [1.82, 2.24) is 5.32 Å². The zero-order valence-corrected chi connectivity index (χ0v) is 12.0. The number of ether oxygens (including phenoxy) is 2. The topological polar surface area (TPSA) is 30.5 Å². The molecule has 118 valence electrons. The lowest BCUT2D eigenvalue weighted by Crippen LogP contribution is -2.50. The molecule has 6 heteroatoms. The van der Waals surface area contributed by atoms with Crippen molar-refractivity contribution in [3.05, 3.63) is 0 Å². The maximum Gasteiger partial charge on any atom is 0.411 e. The SMILES string of the molecule is CNC(CCOCC(F)(F)F)C1CCOC2(CCC2)C1. The zero-order chi connectivity index (χ0) is 14.6. The number of alkyl halides is 3. The van der Waals surface area contributed by atoms with E-state index in [4.69, 9.17) is 9.47 Å². The Balaban J connectivity index is 1.73. The van der Waals surface area contributed by atoms with Crippen molar-refractivity contribution in [1.29, 1.82) is 0 Å². The molecule has 1 N–H and O–H groups in total. The van der Waals surface area contributed by atoms with Gasteiger partial charge in [0.15, 0.2) is 0 Å². The molecular formula is C14H24F3NO2. The van der Waals surface area contributed by atoms with Gasteiger partial charge in [-0.05, 0) is 51.5 Å². The molecule has 0 aromatic heterocycles. The lowest BCUT2D eigenvalue weighted by molar-refractivity contribution is -0.175. The van der Waals surface area contributed by atoms with E-state index >= 15 is 0 Å². The lowest BCUT2D eigenvalue weighted by atomic mass is 9.70. The minimum absolute atomic E-state index is 0.0742. The lowest BCUT2D eigenvalue weighted by Gasteiger charge is -2.48. The highest BCUT2D eigenvalue weighted by molar-refractivity contribution is 4.96. The van der Waals surface area contributed by atoms with Crippen LogP contribution in [0.25, 0.3) is 0 Å². The van der Waals surface area contributed by atoms with Gasteiger partial charge in [0.2, 0.25) is 0 Å². The van der Waals surface area contributed by atoms with Gasteiger partial charge in [0, 0.05) is 19.3 Å². The third-order valence-corrected chi connectivity index (χ3v) is 4.57. The van der Waals surface area contributed by atoms with Crippen LogP contribution < -0.4 is 5.32 Å². The van der Waals surface area contributed by atoms with Crippen LogP contribution >= 0.6 is 0 Å². The fraction of sp³-hybridized carbons (Fsp3) is 1.00. The molecule has 3 nitrogen and oxygen atoms in total. The highest BCUT2D eigenvalue weighted by atomic mass is 19.4. The quantitative estimate of drug-likeness (QED) is 0.764. The van der Waals surface area contributed by atoms with Crippen molar-refractivity contribution in [2.24, 2.45) is 5.92 Å². The summed E-state index contributed by atoms with van der Waals surface area (Å²) in [5.74, 6) is 0.475. The Morgan fingerprint density at radius 1 is 1.40 bits per heavy atom. The molecule has 2 atom stereocenters. The normalized spacial score (nSPS) is 27.3. The Labute approximate surface area is 118 Å². The largest absolute Gasteiger partial charge is 0.411 e. The first-order chi connectivity index (χ1) is 9.44. The smallest absolute Gasteiger partial charge is 0.375 e. The van der Waals surface area contributed by atoms with Gasteiger partial charge in [0.25, 0.3) is 0 Å². The van der Waals surface area contributed by atoms with Gasteiger partial charge in [-0.2, -0.15) is 13.2 Å². The molecule has 0 aromatic rings. The van der Waals surface area contributed by atoms with Crippen LogP contribution in [0.3, 0.4) is 0 Å². The molecule has 0 bridgehead atoms. The van der Waals surface area contributed by atoms with Crippen molar-refractivity contribution in [3.63, 3.8) is 0 Å². The van der Waals surface area contributed by atoms with Crippen LogP contribution in [0.4, 0.5) is 13.2 Å². The molecule has 2 rings (SSSR count). The van der Waals surface area contributed by atoms with E-state index in [1.54, 1.807) is 0 Å². The van der Waals surface area contributed by atoms with Crippen LogP contribution in [-0.4, -0.2) is 44.7 Å². The van der Waals surface area contributed by atoms with E-state index in [0.717, 1.165) is 32.3 Å². The van der Waals surface area contributed by atoms with E-state index in [1.165, 1.54) is 6.42 Å². The molecule has 1 spiro atoms. The predicted molar refractivity (Wildman–Crippen MR) is 69.6 cm³/mol. The first-order valence-electron chi connectivity index (χ1n) is 7.40. The molecule has 2 aliphatic rings. The molecule has 2 unspecified atom stereocenters. The van der Waals surface area contributed by atoms with Gasteiger partial charge in [0.05, 0.1) is 5.60 Å². The van der Waals surface area contributed by atoms with Crippen molar-refractivity contribution in [2.45, 2.75) is 56.3 Å². The fourth-order valence-corrected chi connectivity index (χ4v) is 3.34. The van der Waals surface area contributed by atoms with E-state index in [1.807, 2.05) is 7.05 Å². The van der Waals surface area contributed by atoms with Gasteiger partial charge in [0.1, 0.15) is 6.61 Å². The van der Waals surface area contributed by atoms with E-state index in [-0.39, 0.29) is 18.2 Å². The molecule has 20 heavy (non-hydrogen) atoms. The highest BCUT2D eigenvalue weighted by Crippen LogP contribution is 2.45. The van der Waals surface area contributed by atoms with Crippen molar-refractivity contribution >= 4 is 0 Å². The van der Waals surface area contributed by atoms with Crippen LogP contribution in [0.15, 0.2) is 0 Å². The molecule has 0 aromatic carbocycles.